The first-order valence-corrected chi connectivity index (χ1v) is 3.52. The van der Waals surface area contributed by atoms with Gasteiger partial charge in [-0.25, -0.2) is 0 Å². The monoisotopic (exact) mass is 154 g/mol. The van der Waals surface area contributed by atoms with Crippen LogP contribution in [0.15, 0.2) is 4.99 Å². The minimum absolute atomic E-state index is 0.517. The van der Waals surface area contributed by atoms with Gasteiger partial charge in [-0.15, -0.1) is 0 Å². The first-order valence-electron chi connectivity index (χ1n) is 3.52. The highest BCUT2D eigenvalue weighted by molar-refractivity contribution is 5.77. The number of unbranched alkanes of at least 4 members (excludes halogenated alkanes) is 1. The summed E-state index contributed by atoms with van der Waals surface area (Å²) in [6, 6.07) is 2.05. The van der Waals surface area contributed by atoms with Gasteiger partial charge >= 0.3 is 0 Å². The molecule has 0 unspecified atom stereocenters. The largest absolute Gasteiger partial charge is 0.370 e. The minimum atomic E-state index is 0.517. The van der Waals surface area contributed by atoms with Gasteiger partial charge in [-0.1, -0.05) is 0 Å². The molecule has 0 radical (unpaired) electrons. The highest BCUT2D eigenvalue weighted by Gasteiger charge is 1.91. The third kappa shape index (κ3) is 5.22. The van der Waals surface area contributed by atoms with Crippen LogP contribution in [0.4, 0.5) is 0 Å². The molecule has 0 aliphatic rings. The van der Waals surface area contributed by atoms with Crippen LogP contribution in [-0.4, -0.2) is 31.5 Å². The molecule has 0 aromatic rings. The zero-order valence-corrected chi connectivity index (χ0v) is 7.04. The number of hydrogen-bond donors (Lipinski definition) is 1. The number of nitrogens with two attached hydrogens (primary N) is 1. The van der Waals surface area contributed by atoms with E-state index >= 15 is 0 Å². The van der Waals surface area contributed by atoms with Crippen LogP contribution < -0.4 is 5.73 Å². The predicted octanol–water partition coefficient (Wildman–Crippen LogP) is 0.166. The first kappa shape index (κ1) is 9.76. The van der Waals surface area contributed by atoms with Crippen LogP contribution in [0.25, 0.3) is 0 Å². The molecular formula is C7H14N4. The predicted molar refractivity (Wildman–Crippen MR) is 45.0 cm³/mol. The molecule has 4 nitrogen and oxygen atoms in total. The van der Waals surface area contributed by atoms with E-state index in [4.69, 9.17) is 11.0 Å². The highest BCUT2D eigenvalue weighted by Crippen LogP contribution is 1.87. The molecule has 0 rings (SSSR count). The average Bonchev–Trinajstić information content (AvgIpc) is 1.97. The molecule has 2 N–H and O–H groups in total. The summed E-state index contributed by atoms with van der Waals surface area (Å²) in [6.07, 6.45) is 1.33. The smallest absolute Gasteiger partial charge is 0.190 e. The molecule has 11 heavy (non-hydrogen) atoms. The molecule has 4 heteroatoms. The van der Waals surface area contributed by atoms with Gasteiger partial charge in [-0.05, 0) is 6.42 Å². The SMILES string of the molecule is CN(C)C(N)=NCCCC#N. The van der Waals surface area contributed by atoms with E-state index in [1.165, 1.54) is 0 Å². The van der Waals surface area contributed by atoms with Gasteiger partial charge in [-0.3, -0.25) is 4.99 Å². The van der Waals surface area contributed by atoms with E-state index in [1.54, 1.807) is 4.90 Å². The fourth-order valence-corrected chi connectivity index (χ4v) is 0.493. The van der Waals surface area contributed by atoms with Crippen LogP contribution in [-0.2, 0) is 0 Å². The lowest BCUT2D eigenvalue weighted by Crippen LogP contribution is -2.30. The lowest BCUT2D eigenvalue weighted by Gasteiger charge is -2.09. The number of guanidine groups is 1. The molecular weight excluding hydrogens is 140 g/mol. The van der Waals surface area contributed by atoms with E-state index in [-0.39, 0.29) is 0 Å². The first-order chi connectivity index (χ1) is 5.18. The summed E-state index contributed by atoms with van der Waals surface area (Å²) in [7, 11) is 3.67. The molecule has 0 aliphatic carbocycles. The van der Waals surface area contributed by atoms with Gasteiger partial charge in [0.1, 0.15) is 0 Å². The quantitative estimate of drug-likeness (QED) is 0.358. The fourth-order valence-electron chi connectivity index (χ4n) is 0.493. The van der Waals surface area contributed by atoms with E-state index in [1.807, 2.05) is 20.2 Å². The lowest BCUT2D eigenvalue weighted by molar-refractivity contribution is 0.608. The molecule has 0 aromatic heterocycles. The molecule has 0 heterocycles. The van der Waals surface area contributed by atoms with E-state index in [0.29, 0.717) is 18.9 Å². The van der Waals surface area contributed by atoms with Crippen molar-refractivity contribution >= 4 is 5.96 Å². The van der Waals surface area contributed by atoms with Crippen molar-refractivity contribution < 1.29 is 0 Å². The zero-order valence-electron chi connectivity index (χ0n) is 7.04. The van der Waals surface area contributed by atoms with Crippen molar-refractivity contribution in [1.82, 2.24) is 4.90 Å². The number of nitriles is 1. The second-order valence-corrected chi connectivity index (χ2v) is 2.40. The van der Waals surface area contributed by atoms with Crippen LogP contribution in [0.2, 0.25) is 0 Å². The Hall–Kier alpha value is -1.24. The van der Waals surface area contributed by atoms with Gasteiger partial charge < -0.3 is 10.6 Å². The van der Waals surface area contributed by atoms with Crippen molar-refractivity contribution in [1.29, 1.82) is 5.26 Å². The van der Waals surface area contributed by atoms with Crippen molar-refractivity contribution in [3.05, 3.63) is 0 Å². The van der Waals surface area contributed by atoms with Gasteiger partial charge in [0, 0.05) is 27.1 Å². The summed E-state index contributed by atoms with van der Waals surface area (Å²) in [5.41, 5.74) is 5.49. The lowest BCUT2D eigenvalue weighted by atomic mass is 10.3. The van der Waals surface area contributed by atoms with E-state index in [2.05, 4.69) is 4.99 Å². The summed E-state index contributed by atoms with van der Waals surface area (Å²) < 4.78 is 0. The van der Waals surface area contributed by atoms with E-state index in [9.17, 15) is 0 Å². The molecule has 0 spiro atoms. The van der Waals surface area contributed by atoms with Crippen molar-refractivity contribution in [2.75, 3.05) is 20.6 Å². The maximum Gasteiger partial charge on any atom is 0.190 e. The third-order valence-electron chi connectivity index (χ3n) is 1.18. The van der Waals surface area contributed by atoms with Gasteiger partial charge in [-0.2, -0.15) is 5.26 Å². The summed E-state index contributed by atoms with van der Waals surface area (Å²) in [5.74, 6) is 0.517. The van der Waals surface area contributed by atoms with Crippen molar-refractivity contribution in [2.24, 2.45) is 10.7 Å². The van der Waals surface area contributed by atoms with Gasteiger partial charge in [0.15, 0.2) is 5.96 Å². The van der Waals surface area contributed by atoms with Crippen LogP contribution in [0.3, 0.4) is 0 Å². The van der Waals surface area contributed by atoms with Gasteiger partial charge in [0.2, 0.25) is 0 Å². The molecule has 0 aliphatic heterocycles. The summed E-state index contributed by atoms with van der Waals surface area (Å²) in [5, 5.41) is 8.20. The molecule has 0 atom stereocenters. The number of nitrogens with zero attached hydrogens (tertiary/aromatic N) is 3. The number of aliphatic imine (C=N–C) groups is 1. The maximum atomic E-state index is 8.20. The number of hydrogen-bond acceptors (Lipinski definition) is 2. The molecule has 62 valence electrons. The van der Waals surface area contributed by atoms with Gasteiger partial charge in [0.05, 0.1) is 6.07 Å². The summed E-state index contributed by atoms with van der Waals surface area (Å²) in [6.45, 7) is 0.636. The standard InChI is InChI=1S/C7H14N4/c1-11(2)7(9)10-6-4-3-5-8/h3-4,6H2,1-2H3,(H2,9,10). The summed E-state index contributed by atoms with van der Waals surface area (Å²) >= 11 is 0. The van der Waals surface area contributed by atoms with Crippen LogP contribution >= 0.6 is 0 Å². The van der Waals surface area contributed by atoms with E-state index in [0.717, 1.165) is 6.42 Å². The Kier molecular flexibility index (Phi) is 4.91. The second kappa shape index (κ2) is 5.54. The van der Waals surface area contributed by atoms with Crippen molar-refractivity contribution in [3.63, 3.8) is 0 Å². The average molecular weight is 154 g/mol. The van der Waals surface area contributed by atoms with Crippen molar-refractivity contribution in [3.8, 4) is 6.07 Å². The fraction of sp³-hybridized carbons (Fsp3) is 0.714. The Bertz CT molecular complexity index is 166. The Morgan fingerprint density at radius 1 is 1.64 bits per heavy atom. The highest BCUT2D eigenvalue weighted by atomic mass is 15.2. The Morgan fingerprint density at radius 2 is 2.27 bits per heavy atom. The second-order valence-electron chi connectivity index (χ2n) is 2.40. The molecule has 0 bridgehead atoms. The Balaban J connectivity index is 3.50. The molecule has 0 saturated heterocycles. The number of rotatable bonds is 3. The third-order valence-corrected chi connectivity index (χ3v) is 1.18. The van der Waals surface area contributed by atoms with Crippen molar-refractivity contribution in [2.45, 2.75) is 12.8 Å². The van der Waals surface area contributed by atoms with Crippen LogP contribution in [0, 0.1) is 11.3 Å². The van der Waals surface area contributed by atoms with E-state index < -0.39 is 0 Å². The van der Waals surface area contributed by atoms with Gasteiger partial charge in [0.25, 0.3) is 0 Å². The summed E-state index contributed by atoms with van der Waals surface area (Å²) in [4.78, 5) is 5.77. The zero-order chi connectivity index (χ0) is 8.69. The maximum absolute atomic E-state index is 8.20. The van der Waals surface area contributed by atoms with Crippen LogP contribution in [0.1, 0.15) is 12.8 Å². The normalized spacial score (nSPS) is 10.8. The molecule has 0 saturated carbocycles. The molecule has 0 amide bonds. The molecule has 0 aromatic carbocycles. The minimum Gasteiger partial charge on any atom is -0.370 e. The Morgan fingerprint density at radius 3 is 2.73 bits per heavy atom. The Labute approximate surface area is 67.3 Å². The van der Waals surface area contributed by atoms with Crippen LogP contribution in [0.5, 0.6) is 0 Å². The molecule has 0 fully saturated rings. The topological polar surface area (TPSA) is 65.4 Å².